The molecular formula is C23H22BrN3O3. The fraction of sp³-hybridized carbons (Fsp3) is 0.130. The molecule has 0 aliphatic heterocycles. The minimum Gasteiger partial charge on any atom is -0.493 e. The van der Waals surface area contributed by atoms with E-state index in [-0.39, 0.29) is 12.5 Å². The Bertz CT molecular complexity index is 992. The van der Waals surface area contributed by atoms with Crippen molar-refractivity contribution in [2.24, 2.45) is 5.10 Å². The number of ether oxygens (including phenoxy) is 2. The molecule has 1 amide bonds. The van der Waals surface area contributed by atoms with E-state index >= 15 is 0 Å². The first-order valence-corrected chi connectivity index (χ1v) is 10.1. The van der Waals surface area contributed by atoms with Crippen LogP contribution in [0.3, 0.4) is 0 Å². The molecule has 0 spiro atoms. The second kappa shape index (κ2) is 11.0. The highest BCUT2D eigenvalue weighted by molar-refractivity contribution is 9.10. The topological polar surface area (TPSA) is 71.9 Å². The standard InChI is InChI=1S/C23H22BrN3O3/c1-29-22-13-18(15-26-27-20-10-8-19(24)9-11-20)7-12-21(22)30-16-23(28)25-14-17-5-3-2-4-6-17/h2-13,15,27H,14,16H2,1H3,(H,25,28)/b26-15-. The molecule has 3 rings (SSSR count). The monoisotopic (exact) mass is 467 g/mol. The molecule has 0 bridgehead atoms. The third kappa shape index (κ3) is 6.63. The lowest BCUT2D eigenvalue weighted by Crippen LogP contribution is -2.28. The molecule has 3 aromatic rings. The number of methoxy groups -OCH3 is 1. The molecule has 0 aliphatic carbocycles. The minimum atomic E-state index is -0.203. The summed E-state index contributed by atoms with van der Waals surface area (Å²) in [6.45, 7) is 0.364. The molecular weight excluding hydrogens is 446 g/mol. The maximum absolute atomic E-state index is 12.0. The first-order chi connectivity index (χ1) is 14.6. The lowest BCUT2D eigenvalue weighted by Gasteiger charge is -2.11. The van der Waals surface area contributed by atoms with Gasteiger partial charge >= 0.3 is 0 Å². The summed E-state index contributed by atoms with van der Waals surface area (Å²) in [5.41, 5.74) is 5.70. The maximum Gasteiger partial charge on any atom is 0.258 e. The Morgan fingerprint density at radius 3 is 2.53 bits per heavy atom. The number of hydrazone groups is 1. The Hall–Kier alpha value is -3.32. The van der Waals surface area contributed by atoms with Crippen LogP contribution in [0.4, 0.5) is 5.69 Å². The Balaban J connectivity index is 1.52. The summed E-state index contributed by atoms with van der Waals surface area (Å²) in [6.07, 6.45) is 1.68. The largest absolute Gasteiger partial charge is 0.493 e. The zero-order chi connectivity index (χ0) is 21.2. The summed E-state index contributed by atoms with van der Waals surface area (Å²) in [6, 6.07) is 22.8. The molecule has 0 radical (unpaired) electrons. The van der Waals surface area contributed by atoms with Crippen molar-refractivity contribution in [1.29, 1.82) is 0 Å². The molecule has 0 aliphatic rings. The van der Waals surface area contributed by atoms with Crippen LogP contribution in [0.2, 0.25) is 0 Å². The van der Waals surface area contributed by atoms with Gasteiger partial charge < -0.3 is 14.8 Å². The average Bonchev–Trinajstić information content (AvgIpc) is 2.78. The van der Waals surface area contributed by atoms with Crippen LogP contribution in [0.15, 0.2) is 82.4 Å². The predicted octanol–water partition coefficient (Wildman–Crippen LogP) is 4.60. The van der Waals surface area contributed by atoms with E-state index < -0.39 is 0 Å². The fourth-order valence-corrected chi connectivity index (χ4v) is 2.84. The highest BCUT2D eigenvalue weighted by atomic mass is 79.9. The predicted molar refractivity (Wildman–Crippen MR) is 122 cm³/mol. The molecule has 2 N–H and O–H groups in total. The Labute approximate surface area is 184 Å². The molecule has 0 saturated carbocycles. The zero-order valence-corrected chi connectivity index (χ0v) is 18.1. The van der Waals surface area contributed by atoms with Gasteiger partial charge in [0, 0.05) is 11.0 Å². The molecule has 0 saturated heterocycles. The van der Waals surface area contributed by atoms with Gasteiger partial charge in [0.1, 0.15) is 0 Å². The number of benzene rings is 3. The summed E-state index contributed by atoms with van der Waals surface area (Å²) < 4.78 is 12.0. The second-order valence-electron chi connectivity index (χ2n) is 6.34. The van der Waals surface area contributed by atoms with E-state index in [1.54, 1.807) is 25.5 Å². The second-order valence-corrected chi connectivity index (χ2v) is 7.25. The molecule has 7 heteroatoms. The molecule has 0 heterocycles. The van der Waals surface area contributed by atoms with Gasteiger partial charge in [-0.3, -0.25) is 10.2 Å². The Morgan fingerprint density at radius 2 is 1.80 bits per heavy atom. The van der Waals surface area contributed by atoms with Gasteiger partial charge in [0.2, 0.25) is 0 Å². The number of amides is 1. The molecule has 154 valence electrons. The van der Waals surface area contributed by atoms with Gasteiger partial charge in [-0.2, -0.15) is 5.10 Å². The number of hydrogen-bond acceptors (Lipinski definition) is 5. The molecule has 0 unspecified atom stereocenters. The van der Waals surface area contributed by atoms with Gasteiger partial charge in [-0.15, -0.1) is 0 Å². The summed E-state index contributed by atoms with van der Waals surface area (Å²) in [5.74, 6) is 0.814. The Morgan fingerprint density at radius 1 is 1.03 bits per heavy atom. The van der Waals surface area contributed by atoms with E-state index in [4.69, 9.17) is 9.47 Å². The van der Waals surface area contributed by atoms with Crippen molar-refractivity contribution in [3.8, 4) is 11.5 Å². The van der Waals surface area contributed by atoms with Crippen molar-refractivity contribution in [2.45, 2.75) is 6.54 Å². The van der Waals surface area contributed by atoms with Gasteiger partial charge in [-0.25, -0.2) is 0 Å². The minimum absolute atomic E-state index is 0.0955. The number of hydrogen-bond donors (Lipinski definition) is 2. The van der Waals surface area contributed by atoms with Crippen molar-refractivity contribution in [3.05, 3.63) is 88.4 Å². The first kappa shape index (κ1) is 21.4. The molecule has 30 heavy (non-hydrogen) atoms. The van der Waals surface area contributed by atoms with Gasteiger partial charge in [0.25, 0.3) is 5.91 Å². The summed E-state index contributed by atoms with van der Waals surface area (Å²) >= 11 is 3.40. The van der Waals surface area contributed by atoms with Crippen LogP contribution in [0.25, 0.3) is 0 Å². The number of nitrogens with zero attached hydrogens (tertiary/aromatic N) is 1. The quantitative estimate of drug-likeness (QED) is 0.356. The van der Waals surface area contributed by atoms with Crippen LogP contribution in [0.1, 0.15) is 11.1 Å². The van der Waals surface area contributed by atoms with E-state index in [1.165, 1.54) is 0 Å². The van der Waals surface area contributed by atoms with Crippen LogP contribution in [-0.2, 0) is 11.3 Å². The molecule has 3 aromatic carbocycles. The summed E-state index contributed by atoms with van der Waals surface area (Å²) in [5, 5.41) is 7.05. The van der Waals surface area contributed by atoms with Crippen LogP contribution < -0.4 is 20.2 Å². The number of carbonyl (C=O) groups excluding carboxylic acids is 1. The fourth-order valence-electron chi connectivity index (χ4n) is 2.58. The molecule has 0 fully saturated rings. The van der Waals surface area contributed by atoms with Crippen molar-refractivity contribution in [3.63, 3.8) is 0 Å². The maximum atomic E-state index is 12.0. The first-order valence-electron chi connectivity index (χ1n) is 9.30. The summed E-state index contributed by atoms with van der Waals surface area (Å²) in [7, 11) is 1.55. The third-order valence-corrected chi connectivity index (χ3v) is 4.66. The van der Waals surface area contributed by atoms with Gasteiger partial charge in [-0.1, -0.05) is 46.3 Å². The average molecular weight is 468 g/mol. The SMILES string of the molecule is COc1cc(/C=N\Nc2ccc(Br)cc2)ccc1OCC(=O)NCc1ccccc1. The van der Waals surface area contributed by atoms with Crippen LogP contribution in [0.5, 0.6) is 11.5 Å². The molecule has 0 atom stereocenters. The van der Waals surface area contributed by atoms with Gasteiger partial charge in [0.05, 0.1) is 19.0 Å². The molecule has 6 nitrogen and oxygen atoms in total. The zero-order valence-electron chi connectivity index (χ0n) is 16.5. The number of halogens is 1. The normalized spacial score (nSPS) is 10.6. The summed E-state index contributed by atoms with van der Waals surface area (Å²) in [4.78, 5) is 12.0. The Kier molecular flexibility index (Phi) is 7.86. The van der Waals surface area contributed by atoms with Crippen molar-refractivity contribution in [2.75, 3.05) is 19.1 Å². The van der Waals surface area contributed by atoms with Crippen LogP contribution in [0, 0.1) is 0 Å². The lowest BCUT2D eigenvalue weighted by molar-refractivity contribution is -0.123. The third-order valence-electron chi connectivity index (χ3n) is 4.13. The number of rotatable bonds is 9. The van der Waals surface area contributed by atoms with Crippen molar-refractivity contribution in [1.82, 2.24) is 5.32 Å². The van der Waals surface area contributed by atoms with E-state index in [1.807, 2.05) is 60.7 Å². The smallest absolute Gasteiger partial charge is 0.258 e. The van der Waals surface area contributed by atoms with Crippen molar-refractivity contribution >= 4 is 33.7 Å². The highest BCUT2D eigenvalue weighted by Crippen LogP contribution is 2.27. The van der Waals surface area contributed by atoms with E-state index in [9.17, 15) is 4.79 Å². The number of nitrogens with one attached hydrogen (secondary N) is 2. The highest BCUT2D eigenvalue weighted by Gasteiger charge is 2.08. The molecule has 0 aromatic heterocycles. The number of carbonyl (C=O) groups is 1. The van der Waals surface area contributed by atoms with E-state index in [0.29, 0.717) is 18.0 Å². The van der Waals surface area contributed by atoms with E-state index in [2.05, 4.69) is 31.8 Å². The van der Waals surface area contributed by atoms with Gasteiger partial charge in [0.15, 0.2) is 18.1 Å². The van der Waals surface area contributed by atoms with Crippen LogP contribution in [-0.4, -0.2) is 25.8 Å². The van der Waals surface area contributed by atoms with E-state index in [0.717, 1.165) is 21.3 Å². The van der Waals surface area contributed by atoms with Crippen LogP contribution >= 0.6 is 15.9 Å². The van der Waals surface area contributed by atoms with Gasteiger partial charge in [-0.05, 0) is 53.6 Å². The van der Waals surface area contributed by atoms with Crippen molar-refractivity contribution < 1.29 is 14.3 Å². The number of anilines is 1. The lowest BCUT2D eigenvalue weighted by atomic mass is 10.2.